The second-order valence-electron chi connectivity index (χ2n) is 8.53. The van der Waals surface area contributed by atoms with E-state index in [1.54, 1.807) is 7.11 Å². The highest BCUT2D eigenvalue weighted by Gasteiger charge is 2.20. The quantitative estimate of drug-likeness (QED) is 0.509. The molecule has 4 heterocycles. The van der Waals surface area contributed by atoms with Crippen LogP contribution in [0.15, 0.2) is 41.6 Å². The van der Waals surface area contributed by atoms with E-state index in [1.165, 1.54) is 11.1 Å². The lowest BCUT2D eigenvalue weighted by Crippen LogP contribution is -2.43. The van der Waals surface area contributed by atoms with Crippen LogP contribution in [0, 0.1) is 5.82 Å². The Kier molecular flexibility index (Phi) is 8.47. The van der Waals surface area contributed by atoms with Crippen LogP contribution in [0.1, 0.15) is 24.1 Å². The molecule has 3 aromatic rings. The number of piperidine rings is 1. The SMILES string of the molecule is COc1ccc2ncc(F)c(CCN3CCC(NCc4cc5c(cn4)OCCS5)CC3)c2c1.Cl. The van der Waals surface area contributed by atoms with E-state index in [9.17, 15) is 4.39 Å². The predicted molar refractivity (Wildman–Crippen MR) is 136 cm³/mol. The van der Waals surface area contributed by atoms with E-state index in [0.29, 0.717) is 12.5 Å². The standard InChI is InChI=1S/C25H29FN4O2S.ClH/c1-31-19-2-3-23-21(13-19)20(22(26)15-29-23)6-9-30-7-4-17(5-8-30)27-14-18-12-25-24(16-28-18)32-10-11-33-25;/h2-3,12-13,15-17,27H,4-11,14H2,1H3;1H. The average molecular weight is 505 g/mol. The van der Waals surface area contributed by atoms with Gasteiger partial charge >= 0.3 is 0 Å². The summed E-state index contributed by atoms with van der Waals surface area (Å²) in [5.41, 5.74) is 2.58. The van der Waals surface area contributed by atoms with E-state index in [1.807, 2.05) is 36.2 Å². The summed E-state index contributed by atoms with van der Waals surface area (Å²) in [6.07, 6.45) is 6.00. The van der Waals surface area contributed by atoms with Gasteiger partial charge in [-0.3, -0.25) is 9.97 Å². The van der Waals surface area contributed by atoms with E-state index >= 15 is 0 Å². The molecule has 182 valence electrons. The van der Waals surface area contributed by atoms with E-state index < -0.39 is 0 Å². The van der Waals surface area contributed by atoms with E-state index in [4.69, 9.17) is 9.47 Å². The Morgan fingerprint density at radius 2 is 2.06 bits per heavy atom. The minimum Gasteiger partial charge on any atom is -0.497 e. The number of ether oxygens (including phenoxy) is 2. The highest BCUT2D eigenvalue weighted by molar-refractivity contribution is 7.99. The Labute approximate surface area is 210 Å². The van der Waals surface area contributed by atoms with Crippen molar-refractivity contribution < 1.29 is 13.9 Å². The monoisotopic (exact) mass is 504 g/mol. The van der Waals surface area contributed by atoms with Crippen molar-refractivity contribution in [2.24, 2.45) is 0 Å². The lowest BCUT2D eigenvalue weighted by atomic mass is 10.0. The number of nitrogens with one attached hydrogen (secondary N) is 1. The number of methoxy groups -OCH3 is 1. The molecule has 9 heteroatoms. The summed E-state index contributed by atoms with van der Waals surface area (Å²) in [6.45, 7) is 4.38. The molecule has 0 atom stereocenters. The van der Waals surface area contributed by atoms with Gasteiger partial charge < -0.3 is 19.7 Å². The van der Waals surface area contributed by atoms with Gasteiger partial charge in [0.15, 0.2) is 5.75 Å². The first-order valence-corrected chi connectivity index (χ1v) is 12.5. The molecule has 2 aliphatic rings. The molecular formula is C25H30ClFN4O2S. The first kappa shape index (κ1) is 25.0. The minimum atomic E-state index is -0.242. The molecule has 6 nitrogen and oxygen atoms in total. The number of thioether (sulfide) groups is 1. The minimum absolute atomic E-state index is 0. The normalized spacial score (nSPS) is 16.5. The fourth-order valence-electron chi connectivity index (χ4n) is 4.55. The second kappa shape index (κ2) is 11.5. The fraction of sp³-hybridized carbons (Fsp3) is 0.440. The Morgan fingerprint density at radius 1 is 1.21 bits per heavy atom. The Bertz CT molecular complexity index is 1130. The van der Waals surface area contributed by atoms with E-state index in [-0.39, 0.29) is 18.2 Å². The third-order valence-corrected chi connectivity index (χ3v) is 7.46. The molecule has 0 aliphatic carbocycles. The molecule has 1 saturated heterocycles. The number of nitrogens with zero attached hydrogens (tertiary/aromatic N) is 3. The number of benzene rings is 1. The molecule has 0 saturated carbocycles. The molecule has 2 aromatic heterocycles. The van der Waals surface area contributed by atoms with Crippen molar-refractivity contribution in [2.45, 2.75) is 36.7 Å². The smallest absolute Gasteiger partial charge is 0.151 e. The van der Waals surface area contributed by atoms with Crippen LogP contribution < -0.4 is 14.8 Å². The van der Waals surface area contributed by atoms with Crippen LogP contribution in [-0.4, -0.2) is 60.0 Å². The molecule has 1 fully saturated rings. The summed E-state index contributed by atoms with van der Waals surface area (Å²) in [5.74, 6) is 2.38. The van der Waals surface area contributed by atoms with Gasteiger partial charge in [0.2, 0.25) is 0 Å². The summed E-state index contributed by atoms with van der Waals surface area (Å²) >= 11 is 1.83. The van der Waals surface area contributed by atoms with Gasteiger partial charge in [-0.1, -0.05) is 0 Å². The van der Waals surface area contributed by atoms with Crippen molar-refractivity contribution in [1.29, 1.82) is 0 Å². The van der Waals surface area contributed by atoms with Gasteiger partial charge in [-0.25, -0.2) is 4.39 Å². The highest BCUT2D eigenvalue weighted by Crippen LogP contribution is 2.32. The van der Waals surface area contributed by atoms with Crippen LogP contribution in [0.2, 0.25) is 0 Å². The molecular weight excluding hydrogens is 475 g/mol. The maximum atomic E-state index is 14.6. The first-order chi connectivity index (χ1) is 16.2. The van der Waals surface area contributed by atoms with Gasteiger partial charge in [0.25, 0.3) is 0 Å². The maximum absolute atomic E-state index is 14.6. The Morgan fingerprint density at radius 3 is 2.88 bits per heavy atom. The van der Waals surface area contributed by atoms with Gasteiger partial charge in [0.1, 0.15) is 11.6 Å². The summed E-state index contributed by atoms with van der Waals surface area (Å²) in [6, 6.07) is 8.25. The third-order valence-electron chi connectivity index (χ3n) is 6.46. The molecule has 0 unspecified atom stereocenters. The van der Waals surface area contributed by atoms with Crippen LogP contribution in [0.3, 0.4) is 0 Å². The number of pyridine rings is 2. The average Bonchev–Trinajstić information content (AvgIpc) is 2.87. The van der Waals surface area contributed by atoms with Crippen molar-refractivity contribution in [3.8, 4) is 11.5 Å². The van der Waals surface area contributed by atoms with Gasteiger partial charge in [-0.15, -0.1) is 24.2 Å². The van der Waals surface area contributed by atoms with Crippen molar-refractivity contribution >= 4 is 35.1 Å². The molecule has 1 aromatic carbocycles. The lowest BCUT2D eigenvalue weighted by molar-refractivity contribution is 0.198. The fourth-order valence-corrected chi connectivity index (χ4v) is 5.41. The van der Waals surface area contributed by atoms with Crippen LogP contribution in [0.5, 0.6) is 11.5 Å². The molecule has 0 bridgehead atoms. The van der Waals surface area contributed by atoms with Gasteiger partial charge in [0, 0.05) is 35.8 Å². The van der Waals surface area contributed by atoms with Crippen LogP contribution in [0.25, 0.3) is 10.9 Å². The van der Waals surface area contributed by atoms with Crippen molar-refractivity contribution in [1.82, 2.24) is 20.2 Å². The number of rotatable bonds is 7. The molecule has 0 amide bonds. The van der Waals surface area contributed by atoms with Crippen molar-refractivity contribution in [2.75, 3.05) is 39.1 Å². The largest absolute Gasteiger partial charge is 0.497 e. The van der Waals surface area contributed by atoms with Crippen LogP contribution in [-0.2, 0) is 13.0 Å². The molecule has 2 aliphatic heterocycles. The third kappa shape index (κ3) is 5.74. The molecule has 1 N–H and O–H groups in total. The number of halogens is 2. The molecule has 0 radical (unpaired) electrons. The number of hydrogen-bond acceptors (Lipinski definition) is 7. The number of likely N-dealkylation sites (tertiary alicyclic amines) is 1. The summed E-state index contributed by atoms with van der Waals surface area (Å²) < 4.78 is 25.6. The maximum Gasteiger partial charge on any atom is 0.151 e. The lowest BCUT2D eigenvalue weighted by Gasteiger charge is -2.32. The highest BCUT2D eigenvalue weighted by atomic mass is 35.5. The van der Waals surface area contributed by atoms with Crippen molar-refractivity contribution in [3.63, 3.8) is 0 Å². The van der Waals surface area contributed by atoms with Crippen LogP contribution >= 0.6 is 24.2 Å². The van der Waals surface area contributed by atoms with E-state index in [0.717, 1.165) is 85.0 Å². The zero-order valence-electron chi connectivity index (χ0n) is 19.3. The van der Waals surface area contributed by atoms with Gasteiger partial charge in [-0.2, -0.15) is 0 Å². The first-order valence-electron chi connectivity index (χ1n) is 11.5. The Hall–Kier alpha value is -2.13. The zero-order valence-corrected chi connectivity index (χ0v) is 20.9. The van der Waals surface area contributed by atoms with E-state index in [2.05, 4.69) is 26.3 Å². The second-order valence-corrected chi connectivity index (χ2v) is 9.67. The summed E-state index contributed by atoms with van der Waals surface area (Å²) in [4.78, 5) is 12.4. The molecule has 34 heavy (non-hydrogen) atoms. The van der Waals surface area contributed by atoms with Gasteiger partial charge in [-0.05, 0) is 56.6 Å². The number of hydrogen-bond donors (Lipinski definition) is 1. The predicted octanol–water partition coefficient (Wildman–Crippen LogP) is 4.48. The topological polar surface area (TPSA) is 59.5 Å². The summed E-state index contributed by atoms with van der Waals surface area (Å²) in [5, 5.41) is 4.50. The molecule has 0 spiro atoms. The number of fused-ring (bicyclic) bond motifs is 2. The summed E-state index contributed by atoms with van der Waals surface area (Å²) in [7, 11) is 1.63. The zero-order chi connectivity index (χ0) is 22.6. The van der Waals surface area contributed by atoms with Crippen LogP contribution in [0.4, 0.5) is 4.39 Å². The van der Waals surface area contributed by atoms with Crippen molar-refractivity contribution in [3.05, 3.63) is 53.7 Å². The Balaban J connectivity index is 0.00000274. The molecule has 5 rings (SSSR count). The number of aromatic nitrogens is 2. The van der Waals surface area contributed by atoms with Gasteiger partial charge in [0.05, 0.1) is 42.2 Å².